The summed E-state index contributed by atoms with van der Waals surface area (Å²) in [6, 6.07) is 0. The van der Waals surface area contributed by atoms with Gasteiger partial charge in [-0.1, -0.05) is 33.1 Å². The number of ether oxygens (including phenoxy) is 1. The Hall–Kier alpha value is -0.0800. The van der Waals surface area contributed by atoms with Gasteiger partial charge in [0.05, 0.1) is 11.7 Å². The second-order valence-electron chi connectivity index (χ2n) is 6.25. The molecule has 106 valence electrons. The second kappa shape index (κ2) is 6.91. The van der Waals surface area contributed by atoms with Crippen LogP contribution in [-0.2, 0) is 4.74 Å². The quantitative estimate of drug-likeness (QED) is 0.695. The first kappa shape index (κ1) is 14.3. The molecule has 0 spiro atoms. The maximum absolute atomic E-state index is 6.62. The smallest absolute Gasteiger partial charge is 0.0698 e. The lowest BCUT2D eigenvalue weighted by Gasteiger charge is -2.47. The number of hydrogen-bond donors (Lipinski definition) is 1. The molecule has 0 saturated heterocycles. The molecule has 2 unspecified atom stereocenters. The molecule has 2 fully saturated rings. The fourth-order valence-corrected chi connectivity index (χ4v) is 3.61. The van der Waals surface area contributed by atoms with Crippen molar-refractivity contribution in [3.63, 3.8) is 0 Å². The largest absolute Gasteiger partial charge is 0.371 e. The topological polar surface area (TPSA) is 21.3 Å². The zero-order valence-corrected chi connectivity index (χ0v) is 12.3. The Morgan fingerprint density at radius 3 is 2.50 bits per heavy atom. The van der Waals surface area contributed by atoms with Gasteiger partial charge in [0.1, 0.15) is 0 Å². The summed E-state index contributed by atoms with van der Waals surface area (Å²) in [7, 11) is 0. The monoisotopic (exact) mass is 253 g/mol. The molecule has 2 heteroatoms. The molecule has 0 aromatic heterocycles. The first-order valence-corrected chi connectivity index (χ1v) is 8.18. The van der Waals surface area contributed by atoms with E-state index in [-0.39, 0.29) is 5.60 Å². The minimum absolute atomic E-state index is 0.248. The van der Waals surface area contributed by atoms with E-state index in [1.165, 1.54) is 57.8 Å². The average Bonchev–Trinajstić information content (AvgIpc) is 2.36. The molecule has 2 aliphatic rings. The van der Waals surface area contributed by atoms with Crippen LogP contribution in [0.2, 0.25) is 0 Å². The van der Waals surface area contributed by atoms with Crippen molar-refractivity contribution in [2.24, 2.45) is 5.92 Å². The summed E-state index contributed by atoms with van der Waals surface area (Å²) in [5.74, 6) is 0.829. The summed E-state index contributed by atoms with van der Waals surface area (Å²) in [6.07, 6.45) is 12.5. The van der Waals surface area contributed by atoms with E-state index in [1.54, 1.807) is 0 Å². The van der Waals surface area contributed by atoms with Gasteiger partial charge in [-0.25, -0.2) is 0 Å². The zero-order valence-electron chi connectivity index (χ0n) is 12.3. The molecule has 0 radical (unpaired) electrons. The van der Waals surface area contributed by atoms with Gasteiger partial charge in [0, 0.05) is 0 Å². The molecule has 2 saturated carbocycles. The molecular weight excluding hydrogens is 222 g/mol. The molecule has 0 amide bonds. The molecule has 1 N–H and O–H groups in total. The van der Waals surface area contributed by atoms with E-state index in [1.807, 2.05) is 0 Å². The average molecular weight is 253 g/mol. The van der Waals surface area contributed by atoms with E-state index < -0.39 is 0 Å². The van der Waals surface area contributed by atoms with Gasteiger partial charge in [-0.05, 0) is 57.5 Å². The summed E-state index contributed by atoms with van der Waals surface area (Å²) >= 11 is 0. The highest BCUT2D eigenvalue weighted by Crippen LogP contribution is 2.42. The number of rotatable bonds is 7. The summed E-state index contributed by atoms with van der Waals surface area (Å²) in [5.41, 5.74) is 0.248. The fraction of sp³-hybridized carbons (Fsp3) is 1.00. The summed E-state index contributed by atoms with van der Waals surface area (Å²) in [6.45, 7) is 6.72. The van der Waals surface area contributed by atoms with Crippen LogP contribution in [0.5, 0.6) is 0 Å². The van der Waals surface area contributed by atoms with Gasteiger partial charge in [0.25, 0.3) is 0 Å². The van der Waals surface area contributed by atoms with E-state index >= 15 is 0 Å². The van der Waals surface area contributed by atoms with Crippen molar-refractivity contribution in [2.75, 3.05) is 13.1 Å². The van der Waals surface area contributed by atoms with Crippen LogP contribution in [0.25, 0.3) is 0 Å². The van der Waals surface area contributed by atoms with Gasteiger partial charge in [-0.3, -0.25) is 0 Å². The molecule has 0 aliphatic heterocycles. The molecule has 0 aromatic carbocycles. The number of hydrogen-bond acceptors (Lipinski definition) is 2. The third kappa shape index (κ3) is 3.48. The van der Waals surface area contributed by atoms with E-state index in [4.69, 9.17) is 4.74 Å². The minimum Gasteiger partial charge on any atom is -0.371 e. The highest BCUT2D eigenvalue weighted by atomic mass is 16.5. The SMILES string of the molecule is CCNCCC1(OC2CCCCC2CC)CCC1. The predicted octanol–water partition coefficient (Wildman–Crippen LogP) is 3.89. The molecule has 2 rings (SSSR count). The zero-order chi connectivity index (χ0) is 12.8. The van der Waals surface area contributed by atoms with Crippen molar-refractivity contribution in [2.45, 2.75) is 83.3 Å². The van der Waals surface area contributed by atoms with Crippen molar-refractivity contribution >= 4 is 0 Å². The van der Waals surface area contributed by atoms with Crippen molar-refractivity contribution in [1.82, 2.24) is 5.32 Å². The van der Waals surface area contributed by atoms with Gasteiger partial charge in [-0.2, -0.15) is 0 Å². The molecule has 2 nitrogen and oxygen atoms in total. The molecule has 0 aromatic rings. The van der Waals surface area contributed by atoms with Crippen LogP contribution in [0.4, 0.5) is 0 Å². The van der Waals surface area contributed by atoms with Crippen molar-refractivity contribution < 1.29 is 4.74 Å². The van der Waals surface area contributed by atoms with Crippen LogP contribution in [0.1, 0.15) is 71.6 Å². The first-order chi connectivity index (χ1) is 8.79. The van der Waals surface area contributed by atoms with Gasteiger partial charge in [0.15, 0.2) is 0 Å². The Kier molecular flexibility index (Phi) is 5.50. The first-order valence-electron chi connectivity index (χ1n) is 8.18. The van der Waals surface area contributed by atoms with E-state index in [0.29, 0.717) is 6.10 Å². The lowest BCUT2D eigenvalue weighted by atomic mass is 9.76. The third-order valence-electron chi connectivity index (χ3n) is 5.04. The second-order valence-corrected chi connectivity index (χ2v) is 6.25. The van der Waals surface area contributed by atoms with E-state index in [0.717, 1.165) is 19.0 Å². The Morgan fingerprint density at radius 1 is 1.11 bits per heavy atom. The van der Waals surface area contributed by atoms with Crippen LogP contribution < -0.4 is 5.32 Å². The Labute approximate surface area is 113 Å². The molecular formula is C16H31NO. The lowest BCUT2D eigenvalue weighted by Crippen LogP contribution is -2.47. The maximum Gasteiger partial charge on any atom is 0.0698 e. The van der Waals surface area contributed by atoms with E-state index in [9.17, 15) is 0 Å². The van der Waals surface area contributed by atoms with Crippen LogP contribution in [0, 0.1) is 5.92 Å². The molecule has 0 bridgehead atoms. The Morgan fingerprint density at radius 2 is 1.89 bits per heavy atom. The highest BCUT2D eigenvalue weighted by Gasteiger charge is 2.41. The van der Waals surface area contributed by atoms with Gasteiger partial charge >= 0.3 is 0 Å². The predicted molar refractivity (Wildman–Crippen MR) is 76.9 cm³/mol. The Balaban J connectivity index is 1.84. The van der Waals surface area contributed by atoms with Crippen molar-refractivity contribution in [1.29, 1.82) is 0 Å². The van der Waals surface area contributed by atoms with E-state index in [2.05, 4.69) is 19.2 Å². The van der Waals surface area contributed by atoms with Crippen LogP contribution >= 0.6 is 0 Å². The summed E-state index contributed by atoms with van der Waals surface area (Å²) in [5, 5.41) is 3.45. The molecule has 2 aliphatic carbocycles. The van der Waals surface area contributed by atoms with Crippen molar-refractivity contribution in [3.8, 4) is 0 Å². The van der Waals surface area contributed by atoms with Gasteiger partial charge in [-0.15, -0.1) is 0 Å². The van der Waals surface area contributed by atoms with Gasteiger partial charge < -0.3 is 10.1 Å². The number of nitrogens with one attached hydrogen (secondary N) is 1. The summed E-state index contributed by atoms with van der Waals surface area (Å²) < 4.78 is 6.62. The standard InChI is InChI=1S/C16H31NO/c1-3-14-8-5-6-9-15(14)18-16(10-7-11-16)12-13-17-4-2/h14-15,17H,3-13H2,1-2H3. The molecule has 18 heavy (non-hydrogen) atoms. The van der Waals surface area contributed by atoms with Crippen LogP contribution in [0.15, 0.2) is 0 Å². The lowest BCUT2D eigenvalue weighted by molar-refractivity contribution is -0.167. The van der Waals surface area contributed by atoms with Crippen molar-refractivity contribution in [3.05, 3.63) is 0 Å². The fourth-order valence-electron chi connectivity index (χ4n) is 3.61. The minimum atomic E-state index is 0.248. The molecule has 0 heterocycles. The Bertz CT molecular complexity index is 237. The third-order valence-corrected chi connectivity index (χ3v) is 5.04. The summed E-state index contributed by atoms with van der Waals surface area (Å²) in [4.78, 5) is 0. The molecule has 2 atom stereocenters. The normalized spacial score (nSPS) is 31.0. The highest BCUT2D eigenvalue weighted by molar-refractivity contribution is 4.92. The van der Waals surface area contributed by atoms with Crippen LogP contribution in [-0.4, -0.2) is 24.8 Å². The maximum atomic E-state index is 6.62. The van der Waals surface area contributed by atoms with Gasteiger partial charge in [0.2, 0.25) is 0 Å². The van der Waals surface area contributed by atoms with Crippen LogP contribution in [0.3, 0.4) is 0 Å².